The topological polar surface area (TPSA) is 102 Å². The highest BCUT2D eigenvalue weighted by Gasteiger charge is 2.28. The van der Waals surface area contributed by atoms with E-state index in [1.54, 1.807) is 36.4 Å². The summed E-state index contributed by atoms with van der Waals surface area (Å²) in [5.74, 6) is -0.679. The predicted molar refractivity (Wildman–Crippen MR) is 113 cm³/mol. The quantitative estimate of drug-likeness (QED) is 0.672. The first-order chi connectivity index (χ1) is 14.3. The highest BCUT2D eigenvalue weighted by atomic mass is 32.2. The highest BCUT2D eigenvalue weighted by Crippen LogP contribution is 2.24. The summed E-state index contributed by atoms with van der Waals surface area (Å²) in [6.45, 7) is 2.89. The Morgan fingerprint density at radius 1 is 1.17 bits per heavy atom. The molecule has 1 aliphatic rings. The number of carbonyl (C=O) groups is 1. The van der Waals surface area contributed by atoms with Gasteiger partial charge in [0.05, 0.1) is 10.4 Å². The van der Waals surface area contributed by atoms with E-state index in [2.05, 4.69) is 12.2 Å². The lowest BCUT2D eigenvalue weighted by molar-refractivity contribution is -0.116. The second kappa shape index (κ2) is 8.08. The Hall–Kier alpha value is -2.91. The van der Waals surface area contributed by atoms with E-state index in [4.69, 9.17) is 4.42 Å². The molecule has 2 aromatic carbocycles. The molecule has 1 saturated heterocycles. The van der Waals surface area contributed by atoms with E-state index in [-0.39, 0.29) is 11.4 Å². The van der Waals surface area contributed by atoms with E-state index in [0.717, 1.165) is 12.8 Å². The van der Waals surface area contributed by atoms with Gasteiger partial charge >= 0.3 is 5.76 Å². The number of aromatic nitrogens is 1. The fourth-order valence-corrected chi connectivity index (χ4v) is 5.33. The van der Waals surface area contributed by atoms with Crippen LogP contribution in [0.2, 0.25) is 0 Å². The largest absolute Gasteiger partial charge is 0.420 e. The van der Waals surface area contributed by atoms with Gasteiger partial charge in [-0.3, -0.25) is 9.36 Å². The molecule has 3 aromatic rings. The standard InChI is InChI=1S/C21H23N3O5S/c1-15-5-4-12-23(13-15)30(27,28)17-10-8-16(9-11-17)22-20(25)14-24-18-6-2-3-7-19(18)29-21(24)26/h2-3,6-11,15H,4-5,12-14H2,1H3,(H,22,25)/t15-/m0/s1. The Bertz CT molecular complexity index is 1230. The van der Waals surface area contributed by atoms with Crippen LogP contribution in [0, 0.1) is 5.92 Å². The lowest BCUT2D eigenvalue weighted by Gasteiger charge is -2.30. The number of benzene rings is 2. The number of rotatable bonds is 5. The van der Waals surface area contributed by atoms with Crippen LogP contribution in [-0.2, 0) is 21.4 Å². The van der Waals surface area contributed by atoms with E-state index < -0.39 is 21.7 Å². The van der Waals surface area contributed by atoms with Gasteiger partial charge in [0, 0.05) is 18.8 Å². The van der Waals surface area contributed by atoms with Crippen molar-refractivity contribution in [3.63, 3.8) is 0 Å². The van der Waals surface area contributed by atoms with Crippen LogP contribution in [0.3, 0.4) is 0 Å². The van der Waals surface area contributed by atoms with Crippen molar-refractivity contribution in [2.45, 2.75) is 31.2 Å². The molecule has 0 spiro atoms. The minimum atomic E-state index is -3.55. The van der Waals surface area contributed by atoms with Gasteiger partial charge in [0.15, 0.2) is 5.58 Å². The van der Waals surface area contributed by atoms with Gasteiger partial charge in [-0.1, -0.05) is 19.1 Å². The van der Waals surface area contributed by atoms with Crippen LogP contribution in [0.25, 0.3) is 11.1 Å². The van der Waals surface area contributed by atoms with Gasteiger partial charge in [0.2, 0.25) is 15.9 Å². The number of amides is 1. The number of hydrogen-bond acceptors (Lipinski definition) is 5. The van der Waals surface area contributed by atoms with Crippen molar-refractivity contribution in [1.29, 1.82) is 0 Å². The van der Waals surface area contributed by atoms with Crippen LogP contribution in [-0.4, -0.2) is 36.3 Å². The molecule has 4 rings (SSSR count). The monoisotopic (exact) mass is 429 g/mol. The number of piperidine rings is 1. The second-order valence-corrected chi connectivity index (χ2v) is 9.54. The third kappa shape index (κ3) is 4.03. The van der Waals surface area contributed by atoms with Crippen LogP contribution < -0.4 is 11.1 Å². The van der Waals surface area contributed by atoms with E-state index in [0.29, 0.717) is 35.8 Å². The number of carbonyl (C=O) groups excluding carboxylic acids is 1. The number of para-hydroxylation sites is 2. The zero-order chi connectivity index (χ0) is 21.3. The molecule has 0 saturated carbocycles. The Balaban J connectivity index is 1.46. The minimum Gasteiger partial charge on any atom is -0.408 e. The number of oxazole rings is 1. The van der Waals surface area contributed by atoms with Crippen LogP contribution in [0.4, 0.5) is 5.69 Å². The van der Waals surface area contributed by atoms with E-state index in [1.807, 2.05) is 0 Å². The maximum Gasteiger partial charge on any atom is 0.420 e. The first kappa shape index (κ1) is 20.4. The highest BCUT2D eigenvalue weighted by molar-refractivity contribution is 7.89. The summed E-state index contributed by atoms with van der Waals surface area (Å²) in [6.07, 6.45) is 1.89. The fraction of sp³-hybridized carbons (Fsp3) is 0.333. The van der Waals surface area contributed by atoms with Gasteiger partial charge in [-0.05, 0) is 55.2 Å². The summed E-state index contributed by atoms with van der Waals surface area (Å²) in [6, 6.07) is 12.9. The number of hydrogen-bond donors (Lipinski definition) is 1. The molecule has 1 N–H and O–H groups in total. The fourth-order valence-electron chi connectivity index (χ4n) is 3.73. The Morgan fingerprint density at radius 2 is 1.90 bits per heavy atom. The molecule has 0 aliphatic carbocycles. The van der Waals surface area contributed by atoms with Gasteiger partial charge in [-0.25, -0.2) is 13.2 Å². The van der Waals surface area contributed by atoms with E-state index in [9.17, 15) is 18.0 Å². The molecule has 158 valence electrons. The zero-order valence-corrected chi connectivity index (χ0v) is 17.4. The number of anilines is 1. The Labute approximate surface area is 174 Å². The van der Waals surface area contributed by atoms with Crippen LogP contribution in [0.5, 0.6) is 0 Å². The molecule has 1 atom stereocenters. The van der Waals surface area contributed by atoms with Crippen LogP contribution in [0.15, 0.2) is 62.6 Å². The van der Waals surface area contributed by atoms with Crippen molar-refractivity contribution in [2.75, 3.05) is 18.4 Å². The average Bonchev–Trinajstić information content (AvgIpc) is 3.03. The van der Waals surface area contributed by atoms with E-state index in [1.165, 1.54) is 21.0 Å². The first-order valence-electron chi connectivity index (χ1n) is 9.83. The van der Waals surface area contributed by atoms with Crippen molar-refractivity contribution >= 4 is 32.7 Å². The molecule has 1 fully saturated rings. The smallest absolute Gasteiger partial charge is 0.408 e. The summed E-state index contributed by atoms with van der Waals surface area (Å²) < 4.78 is 33.6. The molecule has 2 heterocycles. The average molecular weight is 429 g/mol. The van der Waals surface area contributed by atoms with Crippen molar-refractivity contribution in [1.82, 2.24) is 8.87 Å². The normalized spacial score (nSPS) is 17.8. The van der Waals surface area contributed by atoms with Crippen molar-refractivity contribution in [2.24, 2.45) is 5.92 Å². The molecule has 1 aliphatic heterocycles. The maximum absolute atomic E-state index is 12.8. The van der Waals surface area contributed by atoms with Crippen molar-refractivity contribution in [3.05, 3.63) is 59.1 Å². The van der Waals surface area contributed by atoms with Gasteiger partial charge in [-0.2, -0.15) is 4.31 Å². The number of fused-ring (bicyclic) bond motifs is 1. The molecule has 9 heteroatoms. The summed E-state index contributed by atoms with van der Waals surface area (Å²) in [5.41, 5.74) is 1.40. The lowest BCUT2D eigenvalue weighted by Crippen LogP contribution is -2.39. The lowest BCUT2D eigenvalue weighted by atomic mass is 10.0. The first-order valence-corrected chi connectivity index (χ1v) is 11.3. The summed E-state index contributed by atoms with van der Waals surface area (Å²) >= 11 is 0. The molecule has 0 unspecified atom stereocenters. The summed E-state index contributed by atoms with van der Waals surface area (Å²) in [4.78, 5) is 24.6. The molecular formula is C21H23N3O5S. The number of sulfonamides is 1. The Morgan fingerprint density at radius 3 is 2.63 bits per heavy atom. The van der Waals surface area contributed by atoms with E-state index >= 15 is 0 Å². The second-order valence-electron chi connectivity index (χ2n) is 7.60. The van der Waals surface area contributed by atoms with Crippen molar-refractivity contribution < 1.29 is 17.6 Å². The molecule has 1 aromatic heterocycles. The van der Waals surface area contributed by atoms with Crippen LogP contribution in [0.1, 0.15) is 19.8 Å². The third-order valence-corrected chi connectivity index (χ3v) is 7.15. The van der Waals surface area contributed by atoms with Gasteiger partial charge < -0.3 is 9.73 Å². The molecule has 0 radical (unpaired) electrons. The molecular weight excluding hydrogens is 406 g/mol. The minimum absolute atomic E-state index is 0.201. The Kier molecular flexibility index (Phi) is 5.48. The van der Waals surface area contributed by atoms with Gasteiger partial charge in [0.25, 0.3) is 0 Å². The zero-order valence-electron chi connectivity index (χ0n) is 16.6. The van der Waals surface area contributed by atoms with Gasteiger partial charge in [-0.15, -0.1) is 0 Å². The molecule has 30 heavy (non-hydrogen) atoms. The summed E-state index contributed by atoms with van der Waals surface area (Å²) in [7, 11) is -3.55. The third-order valence-electron chi connectivity index (χ3n) is 5.27. The molecule has 0 bridgehead atoms. The van der Waals surface area contributed by atoms with Crippen molar-refractivity contribution in [3.8, 4) is 0 Å². The van der Waals surface area contributed by atoms with Crippen LogP contribution >= 0.6 is 0 Å². The molecule has 8 nitrogen and oxygen atoms in total. The number of nitrogens with zero attached hydrogens (tertiary/aromatic N) is 2. The predicted octanol–water partition coefficient (Wildman–Crippen LogP) is 2.65. The molecule has 1 amide bonds. The van der Waals surface area contributed by atoms with Gasteiger partial charge in [0.1, 0.15) is 6.54 Å². The maximum atomic E-state index is 12.8. The summed E-state index contributed by atoms with van der Waals surface area (Å²) in [5, 5.41) is 2.69. The SMILES string of the molecule is C[C@H]1CCCN(S(=O)(=O)c2ccc(NC(=O)Cn3c(=O)oc4ccccc43)cc2)C1. The number of nitrogens with one attached hydrogen (secondary N) is 1.